The molecule has 3 heterocycles. The largest absolute Gasteiger partial charge is 0.481 e. The normalized spacial score (nSPS) is 19.8. The first-order valence-electron chi connectivity index (χ1n) is 23.8. The number of carbonyl (C=O) groups excluding carboxylic acids is 4. The molecule has 0 aromatic carbocycles. The van der Waals surface area contributed by atoms with Gasteiger partial charge in [-0.05, 0) is 51.4 Å². The van der Waals surface area contributed by atoms with Gasteiger partial charge in [-0.15, -0.1) is 0 Å². The Hall–Kier alpha value is -4.07. The number of hydrogen-bond acceptors (Lipinski definition) is 19. The third-order valence-corrected chi connectivity index (χ3v) is 14.6. The van der Waals surface area contributed by atoms with Crippen molar-refractivity contribution in [3.8, 4) is 0 Å². The molecule has 0 aliphatic carbocycles. The molecule has 2 aromatic rings. The van der Waals surface area contributed by atoms with Crippen molar-refractivity contribution in [1.82, 2.24) is 30.2 Å². The number of phosphoric acid groups is 3. The Morgan fingerprint density at radius 3 is 2.11 bits per heavy atom. The van der Waals surface area contributed by atoms with Crippen LogP contribution >= 0.6 is 35.2 Å². The SMILES string of the molecule is CC/C=C\C/C=C\C/C=C\C/C=C\C/C=C\CCCCCC(=O)CC(=O)SCCNC(=O)CCNC(=O)[C@H](O)C(C)(C)COP(=O)(O)OP(=O)(O)OC[C@@H]1O[C@H](n2cnc3c(N)ncnc32)[C@H](O)[C@@H]1OP(=O)(O)O. The number of unbranched alkanes of at least 4 members (excludes halogenated alkanes) is 3. The van der Waals surface area contributed by atoms with E-state index in [2.05, 4.69) is 102 Å². The molecule has 0 radical (unpaired) electrons. The monoisotopic (exact) mass is 1120 g/mol. The maximum absolute atomic E-state index is 12.8. The van der Waals surface area contributed by atoms with Crippen molar-refractivity contribution in [1.29, 1.82) is 0 Å². The summed E-state index contributed by atoms with van der Waals surface area (Å²) in [6, 6.07) is 0. The zero-order valence-corrected chi connectivity index (χ0v) is 45.0. The standard InChI is InChI=1S/C45H70N7O18P3S/c1-4-5-6-7-8-9-10-11-12-13-14-15-16-17-18-19-20-21-22-23-33(53)28-36(55)74-27-26-47-35(54)24-25-48-43(58)40(57)45(2,3)30-67-73(64,65)70-72(62,63)66-29-34-39(69-71(59,60)61)38(56)44(68-34)52-32-51-37-41(46)49-31-50-42(37)52/h5-6,8-9,11-12,14-15,17-18,31-32,34,38-40,44,56-57H,4,7,10,13,16,19-30H2,1-3H3,(H,47,54)(H,48,58)(H,62,63)(H,64,65)(H2,46,49,50)(H2,59,60,61)/b6-5-,9-8-,12-11-,15-14-,18-17-/t34-,38+,39+,40-,44-/m0/s1. The third-order valence-electron chi connectivity index (χ3n) is 10.6. The molecule has 0 saturated carbocycles. The first-order valence-corrected chi connectivity index (χ1v) is 29.3. The second-order valence-electron chi connectivity index (χ2n) is 17.3. The molecule has 25 nitrogen and oxygen atoms in total. The number of nitrogens with one attached hydrogen (secondary N) is 2. The molecule has 3 rings (SSSR count). The van der Waals surface area contributed by atoms with Crippen LogP contribution in [0.5, 0.6) is 0 Å². The molecule has 0 bridgehead atoms. The Kier molecular flexibility index (Phi) is 28.2. The Labute approximate surface area is 434 Å². The minimum atomic E-state index is -5.60. The van der Waals surface area contributed by atoms with E-state index in [1.165, 1.54) is 13.8 Å². The summed E-state index contributed by atoms with van der Waals surface area (Å²) in [5.41, 5.74) is 4.24. The van der Waals surface area contributed by atoms with Gasteiger partial charge < -0.3 is 50.9 Å². The molecule has 29 heteroatoms. The highest BCUT2D eigenvalue weighted by Crippen LogP contribution is 2.61. The molecular formula is C45H70N7O18P3S. The van der Waals surface area contributed by atoms with Crippen LogP contribution in [0.25, 0.3) is 11.2 Å². The molecule has 2 unspecified atom stereocenters. The summed E-state index contributed by atoms with van der Waals surface area (Å²) in [6.07, 6.45) is 22.8. The van der Waals surface area contributed by atoms with Crippen LogP contribution in [0.2, 0.25) is 0 Å². The van der Waals surface area contributed by atoms with E-state index in [9.17, 15) is 62.7 Å². The smallest absolute Gasteiger partial charge is 0.386 e. The van der Waals surface area contributed by atoms with Crippen LogP contribution in [0.1, 0.15) is 104 Å². The van der Waals surface area contributed by atoms with Crippen LogP contribution in [0.4, 0.5) is 5.82 Å². The number of allylic oxidation sites excluding steroid dienone is 10. The molecular weight excluding hydrogens is 1050 g/mol. The van der Waals surface area contributed by atoms with E-state index in [1.807, 2.05) is 0 Å². The maximum Gasteiger partial charge on any atom is 0.481 e. The molecule has 74 heavy (non-hydrogen) atoms. The van der Waals surface area contributed by atoms with Crippen molar-refractivity contribution in [3.05, 3.63) is 73.4 Å². The van der Waals surface area contributed by atoms with E-state index in [0.717, 1.165) is 80.4 Å². The van der Waals surface area contributed by atoms with Crippen LogP contribution in [0.3, 0.4) is 0 Å². The van der Waals surface area contributed by atoms with Gasteiger partial charge in [0.2, 0.25) is 11.8 Å². The lowest BCUT2D eigenvalue weighted by Crippen LogP contribution is -2.46. The lowest BCUT2D eigenvalue weighted by atomic mass is 9.87. The summed E-state index contributed by atoms with van der Waals surface area (Å²) in [5, 5.41) is 26.2. The number of nitrogen functional groups attached to an aromatic ring is 1. The van der Waals surface area contributed by atoms with Gasteiger partial charge in [0.25, 0.3) is 0 Å². The van der Waals surface area contributed by atoms with Gasteiger partial charge in [0.1, 0.15) is 42.0 Å². The van der Waals surface area contributed by atoms with E-state index >= 15 is 0 Å². The zero-order valence-electron chi connectivity index (χ0n) is 41.5. The first kappa shape index (κ1) is 64.2. The fraction of sp³-hybridized carbons (Fsp3) is 0.578. The van der Waals surface area contributed by atoms with E-state index in [0.29, 0.717) is 12.8 Å². The number of nitrogens with zero attached hydrogens (tertiary/aromatic N) is 4. The Bertz CT molecular complexity index is 2430. The number of hydrogen-bond donors (Lipinski definition) is 9. The second kappa shape index (κ2) is 32.5. The van der Waals surface area contributed by atoms with Gasteiger partial charge in [-0.25, -0.2) is 28.6 Å². The molecule has 7 atom stereocenters. The average Bonchev–Trinajstić information content (AvgIpc) is 3.89. The third kappa shape index (κ3) is 24.7. The van der Waals surface area contributed by atoms with E-state index < -0.39 is 84.6 Å². The Balaban J connectivity index is 1.27. The number of ether oxygens (including phenoxy) is 1. The number of rotatable bonds is 36. The summed E-state index contributed by atoms with van der Waals surface area (Å²) in [7, 11) is -16.5. The number of imidazole rings is 1. The van der Waals surface area contributed by atoms with Gasteiger partial charge in [-0.1, -0.05) is 99.7 Å². The van der Waals surface area contributed by atoms with Gasteiger partial charge in [-0.2, -0.15) is 4.31 Å². The average molecular weight is 1120 g/mol. The Morgan fingerprint density at radius 2 is 1.47 bits per heavy atom. The molecule has 10 N–H and O–H groups in total. The maximum atomic E-state index is 12.8. The van der Waals surface area contributed by atoms with Crippen LogP contribution in [0, 0.1) is 5.41 Å². The first-order chi connectivity index (χ1) is 34.9. The highest BCUT2D eigenvalue weighted by atomic mass is 32.2. The zero-order chi connectivity index (χ0) is 54.8. The highest BCUT2D eigenvalue weighted by molar-refractivity contribution is 8.13. The summed E-state index contributed by atoms with van der Waals surface area (Å²) in [5.74, 6) is -1.47. The molecule has 2 amide bonds. The number of phosphoric ester groups is 3. The number of fused-ring (bicyclic) bond motifs is 1. The number of carbonyl (C=O) groups is 4. The van der Waals surface area contributed by atoms with Gasteiger partial charge in [0.05, 0.1) is 26.0 Å². The lowest BCUT2D eigenvalue weighted by molar-refractivity contribution is -0.137. The predicted molar refractivity (Wildman–Crippen MR) is 274 cm³/mol. The van der Waals surface area contributed by atoms with Crippen LogP contribution in [-0.4, -0.2) is 128 Å². The minimum Gasteiger partial charge on any atom is -0.386 e. The van der Waals surface area contributed by atoms with Crippen molar-refractivity contribution >= 4 is 74.9 Å². The topological polar surface area (TPSA) is 381 Å². The van der Waals surface area contributed by atoms with Crippen molar-refractivity contribution in [2.45, 2.75) is 128 Å². The van der Waals surface area contributed by atoms with Gasteiger partial charge in [0, 0.05) is 37.1 Å². The second-order valence-corrected chi connectivity index (χ2v) is 22.7. The summed E-state index contributed by atoms with van der Waals surface area (Å²) >= 11 is 0.921. The summed E-state index contributed by atoms with van der Waals surface area (Å²) < 4.78 is 62.4. The van der Waals surface area contributed by atoms with Crippen molar-refractivity contribution in [2.75, 3.05) is 37.8 Å². The number of amides is 2. The molecule has 2 aromatic heterocycles. The number of aliphatic hydroxyl groups excluding tert-OH is 2. The number of nitrogens with two attached hydrogens (primary N) is 1. The molecule has 414 valence electrons. The van der Waals surface area contributed by atoms with E-state index in [-0.39, 0.29) is 59.6 Å². The van der Waals surface area contributed by atoms with Gasteiger partial charge >= 0.3 is 23.5 Å². The summed E-state index contributed by atoms with van der Waals surface area (Å²) in [4.78, 5) is 101. The Morgan fingerprint density at radius 1 is 0.851 bits per heavy atom. The highest BCUT2D eigenvalue weighted by Gasteiger charge is 2.50. The van der Waals surface area contributed by atoms with Crippen molar-refractivity contribution in [3.63, 3.8) is 0 Å². The number of anilines is 1. The number of thioether (sulfide) groups is 1. The van der Waals surface area contributed by atoms with Crippen LogP contribution in [-0.2, 0) is 55.5 Å². The molecule has 1 aliphatic heterocycles. The minimum absolute atomic E-state index is 0.0235. The quantitative estimate of drug-likeness (QED) is 0.0180. The predicted octanol–water partition coefficient (Wildman–Crippen LogP) is 5.33. The number of aromatic nitrogens is 4. The van der Waals surface area contributed by atoms with Crippen LogP contribution in [0.15, 0.2) is 73.4 Å². The number of Topliss-reactive ketones (excluding diaryl/α,β-unsaturated/α-hetero) is 1. The molecule has 1 fully saturated rings. The van der Waals surface area contributed by atoms with Crippen molar-refractivity contribution < 1.29 is 85.3 Å². The van der Waals surface area contributed by atoms with Gasteiger partial charge in [-0.3, -0.25) is 37.3 Å². The fourth-order valence-corrected chi connectivity index (χ4v) is 10.2. The van der Waals surface area contributed by atoms with E-state index in [4.69, 9.17) is 19.5 Å². The van der Waals surface area contributed by atoms with E-state index in [1.54, 1.807) is 0 Å². The fourth-order valence-electron chi connectivity index (χ4n) is 6.73. The number of aliphatic hydroxyl groups is 2. The molecule has 0 spiro atoms. The lowest BCUT2D eigenvalue weighted by Gasteiger charge is -2.30. The van der Waals surface area contributed by atoms with Crippen molar-refractivity contribution in [2.24, 2.45) is 5.41 Å². The molecule has 1 saturated heterocycles. The summed E-state index contributed by atoms with van der Waals surface area (Å²) in [6.45, 7) is 2.42. The molecule has 1 aliphatic rings. The van der Waals surface area contributed by atoms with Gasteiger partial charge in [0.15, 0.2) is 22.8 Å². The number of ketones is 1. The van der Waals surface area contributed by atoms with Crippen LogP contribution < -0.4 is 16.4 Å².